The highest BCUT2D eigenvalue weighted by Gasteiger charge is 2.27. The van der Waals surface area contributed by atoms with Gasteiger partial charge in [-0.15, -0.1) is 0 Å². The molecule has 0 atom stereocenters. The first-order valence-electron chi connectivity index (χ1n) is 8.76. The van der Waals surface area contributed by atoms with Crippen LogP contribution in [0.1, 0.15) is 24.0 Å². The van der Waals surface area contributed by atoms with Gasteiger partial charge in [-0.2, -0.15) is 5.10 Å². The predicted octanol–water partition coefficient (Wildman–Crippen LogP) is 4.17. The maximum absolute atomic E-state index is 13.3. The number of carbonyl (C=O) groups is 2. The molecule has 8 heteroatoms. The monoisotopic (exact) mass is 396 g/mol. The molecule has 0 spiro atoms. The van der Waals surface area contributed by atoms with E-state index in [0.29, 0.717) is 21.0 Å². The summed E-state index contributed by atoms with van der Waals surface area (Å²) in [5.74, 6) is -0.920. The summed E-state index contributed by atoms with van der Waals surface area (Å²) in [6.07, 6.45) is 0.455. The van der Waals surface area contributed by atoms with E-state index in [4.69, 9.17) is 0 Å². The number of hydrogen-bond donors (Lipinski definition) is 1. The van der Waals surface area contributed by atoms with Crippen molar-refractivity contribution in [3.05, 3.63) is 53.3 Å². The van der Waals surface area contributed by atoms with Crippen molar-refractivity contribution in [2.75, 3.05) is 10.3 Å². The molecule has 4 rings (SSSR count). The third kappa shape index (κ3) is 3.50. The molecule has 0 saturated carbocycles. The topological polar surface area (TPSA) is 74.7 Å². The zero-order valence-electron chi connectivity index (χ0n) is 15.3. The van der Waals surface area contributed by atoms with Gasteiger partial charge in [0.2, 0.25) is 5.91 Å². The summed E-state index contributed by atoms with van der Waals surface area (Å²) in [6, 6.07) is 10.0. The molecule has 28 heavy (non-hydrogen) atoms. The number of anilines is 2. The Morgan fingerprint density at radius 1 is 1.18 bits per heavy atom. The first kappa shape index (κ1) is 18.2. The number of amides is 2. The second kappa shape index (κ2) is 7.12. The van der Waals surface area contributed by atoms with Gasteiger partial charge in [0.25, 0.3) is 5.91 Å². The summed E-state index contributed by atoms with van der Waals surface area (Å²) in [6.45, 7) is 3.83. The van der Waals surface area contributed by atoms with Gasteiger partial charge in [-0.05, 0) is 49.2 Å². The van der Waals surface area contributed by atoms with E-state index in [1.807, 2.05) is 32.0 Å². The average molecular weight is 396 g/mol. The third-order valence-electron chi connectivity index (χ3n) is 4.46. The largest absolute Gasteiger partial charge is 0.297 e. The Morgan fingerprint density at radius 3 is 2.82 bits per heavy atom. The van der Waals surface area contributed by atoms with Gasteiger partial charge in [-0.1, -0.05) is 23.5 Å². The number of halogens is 1. The number of aromatic nitrogens is 1. The number of carbonyl (C=O) groups excluding carboxylic acids is 2. The number of nitrogens with zero attached hydrogens (tertiary/aromatic N) is 3. The van der Waals surface area contributed by atoms with E-state index in [9.17, 15) is 14.0 Å². The van der Waals surface area contributed by atoms with Crippen molar-refractivity contribution in [1.82, 2.24) is 4.98 Å². The van der Waals surface area contributed by atoms with Crippen molar-refractivity contribution in [2.24, 2.45) is 5.10 Å². The number of benzene rings is 2. The average Bonchev–Trinajstić information content (AvgIpc) is 3.05. The smallest absolute Gasteiger partial charge is 0.273 e. The van der Waals surface area contributed by atoms with E-state index >= 15 is 0 Å². The lowest BCUT2D eigenvalue weighted by Gasteiger charge is -2.24. The van der Waals surface area contributed by atoms with Crippen LogP contribution in [0.2, 0.25) is 0 Å². The summed E-state index contributed by atoms with van der Waals surface area (Å²) in [7, 11) is 0. The molecular weight excluding hydrogens is 379 g/mol. The predicted molar refractivity (Wildman–Crippen MR) is 108 cm³/mol. The van der Waals surface area contributed by atoms with Crippen LogP contribution in [0.4, 0.5) is 15.2 Å². The second-order valence-electron chi connectivity index (χ2n) is 6.63. The van der Waals surface area contributed by atoms with Gasteiger partial charge in [0.05, 0.1) is 15.9 Å². The summed E-state index contributed by atoms with van der Waals surface area (Å²) in [4.78, 5) is 29.3. The van der Waals surface area contributed by atoms with E-state index in [-0.39, 0.29) is 30.3 Å². The second-order valence-corrected chi connectivity index (χ2v) is 7.66. The highest BCUT2D eigenvalue weighted by Crippen LogP contribution is 2.28. The zero-order valence-corrected chi connectivity index (χ0v) is 16.1. The van der Waals surface area contributed by atoms with Crippen LogP contribution in [-0.4, -0.2) is 22.5 Å². The minimum Gasteiger partial charge on any atom is -0.297 e. The molecule has 1 N–H and O–H groups in total. The van der Waals surface area contributed by atoms with Crippen LogP contribution in [0.3, 0.4) is 0 Å². The molecule has 0 unspecified atom stereocenters. The van der Waals surface area contributed by atoms with Gasteiger partial charge in [0.15, 0.2) is 5.13 Å². The van der Waals surface area contributed by atoms with Crippen LogP contribution < -0.4 is 10.3 Å². The van der Waals surface area contributed by atoms with Gasteiger partial charge in [0.1, 0.15) is 11.5 Å². The summed E-state index contributed by atoms with van der Waals surface area (Å²) < 4.78 is 14.0. The molecule has 1 aliphatic rings. The molecule has 2 heterocycles. The fourth-order valence-corrected chi connectivity index (χ4v) is 3.86. The highest BCUT2D eigenvalue weighted by atomic mass is 32.1. The van der Waals surface area contributed by atoms with Gasteiger partial charge in [-0.25, -0.2) is 14.4 Å². The van der Waals surface area contributed by atoms with Crippen LogP contribution >= 0.6 is 11.3 Å². The van der Waals surface area contributed by atoms with Gasteiger partial charge < -0.3 is 0 Å². The Kier molecular flexibility index (Phi) is 4.64. The molecule has 0 aliphatic carbocycles. The number of hydrogen-bond acceptors (Lipinski definition) is 5. The highest BCUT2D eigenvalue weighted by molar-refractivity contribution is 7.22. The standard InChI is InChI=1S/C20H17FN4O2S/c1-11-3-4-12(2)16(9-11)25-18(26)8-7-15(24-25)19(27)23-20-22-14-6-5-13(21)10-17(14)28-20/h3-6,9-10H,7-8H2,1-2H3,(H,22,23,27). The van der Waals surface area contributed by atoms with Crippen molar-refractivity contribution in [1.29, 1.82) is 0 Å². The minimum absolute atomic E-state index is 0.152. The van der Waals surface area contributed by atoms with Crippen molar-refractivity contribution >= 4 is 49.9 Å². The van der Waals surface area contributed by atoms with E-state index in [0.717, 1.165) is 11.1 Å². The van der Waals surface area contributed by atoms with Crippen LogP contribution in [0, 0.1) is 19.7 Å². The lowest BCUT2D eigenvalue weighted by molar-refractivity contribution is -0.118. The first-order chi connectivity index (χ1) is 13.4. The van der Waals surface area contributed by atoms with Crippen molar-refractivity contribution < 1.29 is 14.0 Å². The number of rotatable bonds is 3. The van der Waals surface area contributed by atoms with Crippen molar-refractivity contribution in [2.45, 2.75) is 26.7 Å². The quantitative estimate of drug-likeness (QED) is 0.722. The molecule has 6 nitrogen and oxygen atoms in total. The maximum Gasteiger partial charge on any atom is 0.273 e. The molecule has 0 radical (unpaired) electrons. The fraction of sp³-hybridized carbons (Fsp3) is 0.200. The van der Waals surface area contributed by atoms with Crippen LogP contribution in [0.15, 0.2) is 41.5 Å². The van der Waals surface area contributed by atoms with Crippen LogP contribution in [0.25, 0.3) is 10.2 Å². The zero-order chi connectivity index (χ0) is 19.8. The molecular formula is C20H17FN4O2S. The molecule has 0 fully saturated rings. The van der Waals surface area contributed by atoms with Crippen molar-refractivity contribution in [3.8, 4) is 0 Å². The van der Waals surface area contributed by atoms with E-state index in [1.54, 1.807) is 6.07 Å². The van der Waals surface area contributed by atoms with E-state index in [2.05, 4.69) is 15.4 Å². The molecule has 0 bridgehead atoms. The lowest BCUT2D eigenvalue weighted by Crippen LogP contribution is -2.36. The van der Waals surface area contributed by atoms with Crippen molar-refractivity contribution in [3.63, 3.8) is 0 Å². The van der Waals surface area contributed by atoms with Gasteiger partial charge in [-0.3, -0.25) is 14.9 Å². The van der Waals surface area contributed by atoms with E-state index < -0.39 is 5.91 Å². The summed E-state index contributed by atoms with van der Waals surface area (Å²) >= 11 is 1.19. The normalized spacial score (nSPS) is 14.3. The number of nitrogens with one attached hydrogen (secondary N) is 1. The fourth-order valence-electron chi connectivity index (χ4n) is 2.97. The number of thiazole rings is 1. The van der Waals surface area contributed by atoms with Gasteiger partial charge in [0, 0.05) is 12.8 Å². The third-order valence-corrected chi connectivity index (χ3v) is 5.39. The maximum atomic E-state index is 13.3. The molecule has 1 aromatic heterocycles. The minimum atomic E-state index is -0.415. The number of fused-ring (bicyclic) bond motifs is 1. The Balaban J connectivity index is 1.60. The Hall–Kier alpha value is -3.13. The molecule has 2 amide bonds. The van der Waals surface area contributed by atoms with Gasteiger partial charge >= 0.3 is 0 Å². The molecule has 2 aromatic carbocycles. The summed E-state index contributed by atoms with van der Waals surface area (Å²) in [5, 5.41) is 8.68. The Labute approximate surface area is 164 Å². The molecule has 1 aliphatic heterocycles. The lowest BCUT2D eigenvalue weighted by atomic mass is 10.1. The van der Waals surface area contributed by atoms with E-state index in [1.165, 1.54) is 28.5 Å². The SMILES string of the molecule is Cc1ccc(C)c(N2N=C(C(=O)Nc3nc4ccc(F)cc4s3)CCC2=O)c1. The Bertz CT molecular complexity index is 1140. The summed E-state index contributed by atoms with van der Waals surface area (Å²) in [5.41, 5.74) is 3.44. The number of hydrazone groups is 1. The first-order valence-corrected chi connectivity index (χ1v) is 9.57. The molecule has 142 valence electrons. The Morgan fingerprint density at radius 2 is 2.00 bits per heavy atom. The van der Waals surface area contributed by atoms with Crippen LogP contribution in [0.5, 0.6) is 0 Å². The molecule has 0 saturated heterocycles. The number of aryl methyl sites for hydroxylation is 2. The van der Waals surface area contributed by atoms with Crippen LogP contribution in [-0.2, 0) is 9.59 Å². The molecule has 3 aromatic rings.